The van der Waals surface area contributed by atoms with Crippen LogP contribution in [0, 0.1) is 10.1 Å². The van der Waals surface area contributed by atoms with Crippen molar-refractivity contribution < 1.29 is 41.6 Å². The van der Waals surface area contributed by atoms with Gasteiger partial charge in [-0.3, -0.25) is 10.1 Å². The molecule has 226 valence electrons. The van der Waals surface area contributed by atoms with Crippen molar-refractivity contribution in [2.75, 3.05) is 26.3 Å². The molecule has 1 aromatic heterocycles. The smallest absolute Gasteiger partial charge is 0.433 e. The second-order valence-corrected chi connectivity index (χ2v) is 8.67. The van der Waals surface area contributed by atoms with Gasteiger partial charge >= 0.3 is 24.1 Å². The van der Waals surface area contributed by atoms with E-state index in [1.54, 1.807) is 30.3 Å². The molecule has 0 aliphatic carbocycles. The fraction of sp³-hybridized carbons (Fsp3) is 0.296. The number of nitrogens with zero attached hydrogens (tertiary/aromatic N) is 3. The van der Waals surface area contributed by atoms with E-state index in [4.69, 9.17) is 9.15 Å². The number of hydrogen-bond acceptors (Lipinski definition) is 9. The molecule has 3 aromatic rings. The summed E-state index contributed by atoms with van der Waals surface area (Å²) < 4.78 is 52.7. The Balaban J connectivity index is 0.000000313. The average Bonchev–Trinajstić information content (AvgIpc) is 3.59. The Morgan fingerprint density at radius 3 is 2.55 bits per heavy atom. The number of nitro groups is 1. The predicted octanol–water partition coefficient (Wildman–Crippen LogP) is 5.48. The molecular weight excluding hydrogens is 585 g/mol. The van der Waals surface area contributed by atoms with Crippen LogP contribution < -0.4 is 5.32 Å². The van der Waals surface area contributed by atoms with Gasteiger partial charge in [0.15, 0.2) is 5.76 Å². The van der Waals surface area contributed by atoms with Crippen LogP contribution >= 0.6 is 12.4 Å². The van der Waals surface area contributed by atoms with Crippen molar-refractivity contribution >= 4 is 36.6 Å². The molecule has 2 aromatic carbocycles. The van der Waals surface area contributed by atoms with Crippen LogP contribution in [0.3, 0.4) is 0 Å². The summed E-state index contributed by atoms with van der Waals surface area (Å²) in [5.74, 6) is -0.565. The van der Waals surface area contributed by atoms with Gasteiger partial charge in [0.05, 0.1) is 30.0 Å². The van der Waals surface area contributed by atoms with Crippen molar-refractivity contribution in [2.45, 2.75) is 25.6 Å². The molecule has 1 unspecified atom stereocenters. The summed E-state index contributed by atoms with van der Waals surface area (Å²) in [7, 11) is 0. The molecular formula is C27H28ClF3N4O7. The molecule has 42 heavy (non-hydrogen) atoms. The van der Waals surface area contributed by atoms with Crippen LogP contribution in [0.2, 0.25) is 0 Å². The topological polar surface area (TPSA) is 137 Å². The first-order valence-electron chi connectivity index (χ1n) is 12.4. The van der Waals surface area contributed by atoms with Crippen molar-refractivity contribution in [1.82, 2.24) is 10.3 Å². The maximum atomic E-state index is 12.7. The molecule has 1 N–H and O–H groups in total. The predicted molar refractivity (Wildman–Crippen MR) is 148 cm³/mol. The number of benzene rings is 2. The molecule has 1 fully saturated rings. The van der Waals surface area contributed by atoms with Crippen LogP contribution in [0.25, 0.3) is 0 Å². The zero-order valence-corrected chi connectivity index (χ0v) is 23.1. The van der Waals surface area contributed by atoms with Crippen molar-refractivity contribution in [1.29, 1.82) is 0 Å². The minimum Gasteiger partial charge on any atom is -0.461 e. The summed E-state index contributed by atoms with van der Waals surface area (Å²) >= 11 is 0. The highest BCUT2D eigenvalue weighted by molar-refractivity contribution is 5.89. The Kier molecular flexibility index (Phi) is 13.0. The summed E-state index contributed by atoms with van der Waals surface area (Å²) in [6, 6.07) is 16.5. The number of cyclic esters (lactones) is 1. The first-order chi connectivity index (χ1) is 19.5. The number of ether oxygens (including phenoxy) is 2. The van der Waals surface area contributed by atoms with Crippen LogP contribution in [0.5, 0.6) is 0 Å². The highest BCUT2D eigenvalue weighted by Gasteiger charge is 2.30. The van der Waals surface area contributed by atoms with Crippen molar-refractivity contribution in [3.8, 4) is 0 Å². The highest BCUT2D eigenvalue weighted by atomic mass is 35.5. The summed E-state index contributed by atoms with van der Waals surface area (Å²) in [6.07, 6.45) is -3.20. The molecule has 2 heterocycles. The largest absolute Gasteiger partial charge is 0.461 e. The molecule has 1 atom stereocenters. The summed E-state index contributed by atoms with van der Waals surface area (Å²) in [4.78, 5) is 32.4. The van der Waals surface area contributed by atoms with Gasteiger partial charge < -0.3 is 19.2 Å². The van der Waals surface area contributed by atoms with Gasteiger partial charge in [-0.2, -0.15) is 23.3 Å². The zero-order valence-electron chi connectivity index (χ0n) is 22.3. The lowest BCUT2D eigenvalue weighted by atomic mass is 10.0. The lowest BCUT2D eigenvalue weighted by Gasteiger charge is -2.15. The third kappa shape index (κ3) is 10.9. The number of carbonyl (C=O) groups excluding carboxylic acids is 2. The number of halogens is 4. The van der Waals surface area contributed by atoms with E-state index in [-0.39, 0.29) is 43.3 Å². The molecule has 0 spiro atoms. The Hall–Kier alpha value is -4.43. The summed E-state index contributed by atoms with van der Waals surface area (Å²) in [5, 5.41) is 18.3. The standard InChI is InChI=1S/C19H20F3NO2.C8H7N3O5.ClH/c1-14(12-15-6-5-9-17(13-15)19(20,21)22)23-10-11-25-18(24)16-7-3-2-4-8-16;12-8-10(3-4-15-8)9-5-6-1-2-7(16-6)11(13)14;/h2-9,13-14,23H,10-12H2,1H3;1-2,5H,3-4H2;1H. The number of esters is 1. The Labute approximate surface area is 244 Å². The van der Waals surface area contributed by atoms with Crippen molar-refractivity contribution in [2.24, 2.45) is 5.10 Å². The summed E-state index contributed by atoms with van der Waals surface area (Å²) in [6.45, 7) is 3.14. The molecule has 11 nitrogen and oxygen atoms in total. The second kappa shape index (κ2) is 16.1. The number of alkyl halides is 3. The molecule has 1 aliphatic heterocycles. The third-order valence-electron chi connectivity index (χ3n) is 5.49. The molecule has 1 aliphatic rings. The van der Waals surface area contributed by atoms with Gasteiger partial charge in [0.2, 0.25) is 0 Å². The first kappa shape index (κ1) is 33.8. The first-order valence-corrected chi connectivity index (χ1v) is 12.4. The number of hydrogen-bond donors (Lipinski definition) is 1. The van der Waals surface area contributed by atoms with E-state index in [0.717, 1.165) is 17.1 Å². The molecule has 4 rings (SSSR count). The number of hydrazone groups is 1. The van der Waals surface area contributed by atoms with E-state index in [0.29, 0.717) is 30.6 Å². The van der Waals surface area contributed by atoms with Crippen molar-refractivity contribution in [3.05, 3.63) is 99.3 Å². The Morgan fingerprint density at radius 1 is 1.19 bits per heavy atom. The van der Waals surface area contributed by atoms with Crippen LogP contribution in [-0.4, -0.2) is 60.6 Å². The minimum atomic E-state index is -4.34. The van der Waals surface area contributed by atoms with E-state index in [1.807, 2.05) is 13.0 Å². The monoisotopic (exact) mass is 612 g/mol. The lowest BCUT2D eigenvalue weighted by molar-refractivity contribution is -0.402. The van der Waals surface area contributed by atoms with E-state index in [1.165, 1.54) is 24.4 Å². The number of carbonyl (C=O) groups is 2. The van der Waals surface area contributed by atoms with Gasteiger partial charge in [-0.15, -0.1) is 12.4 Å². The van der Waals surface area contributed by atoms with Crippen LogP contribution in [0.1, 0.15) is 34.2 Å². The number of nitrogens with one attached hydrogen (secondary N) is 1. The van der Waals surface area contributed by atoms with E-state index < -0.39 is 28.7 Å². The van der Waals surface area contributed by atoms with Crippen LogP contribution in [0.4, 0.5) is 23.8 Å². The maximum absolute atomic E-state index is 12.7. The van der Waals surface area contributed by atoms with Gasteiger partial charge in [-0.1, -0.05) is 36.4 Å². The fourth-order valence-corrected chi connectivity index (χ4v) is 3.53. The van der Waals surface area contributed by atoms with Crippen LogP contribution in [0.15, 0.2) is 76.2 Å². The van der Waals surface area contributed by atoms with E-state index in [9.17, 15) is 32.9 Å². The molecule has 0 radical (unpaired) electrons. The van der Waals surface area contributed by atoms with Crippen molar-refractivity contribution in [3.63, 3.8) is 0 Å². The maximum Gasteiger partial charge on any atom is 0.433 e. The molecule has 15 heteroatoms. The van der Waals surface area contributed by atoms with Gasteiger partial charge in [0.1, 0.15) is 18.1 Å². The SMILES string of the molecule is CC(Cc1cccc(C(F)(F)F)c1)NCCOC(=O)c1ccccc1.Cl.O=C1OCCN1N=Cc1ccc([N+](=O)[O-])o1. The fourth-order valence-electron chi connectivity index (χ4n) is 3.53. The van der Waals surface area contributed by atoms with Gasteiger partial charge in [0.25, 0.3) is 0 Å². The number of rotatable bonds is 10. The number of furan rings is 1. The Bertz CT molecular complexity index is 1350. The number of amides is 1. The molecule has 0 bridgehead atoms. The second-order valence-electron chi connectivity index (χ2n) is 8.67. The molecule has 1 amide bonds. The van der Waals surface area contributed by atoms with Gasteiger partial charge in [-0.25, -0.2) is 9.59 Å². The van der Waals surface area contributed by atoms with Gasteiger partial charge in [0, 0.05) is 12.6 Å². The normalized spacial score (nSPS) is 13.5. The van der Waals surface area contributed by atoms with E-state index in [2.05, 4.69) is 15.2 Å². The van der Waals surface area contributed by atoms with Gasteiger partial charge in [-0.05, 0) is 43.2 Å². The third-order valence-corrected chi connectivity index (χ3v) is 5.49. The zero-order chi connectivity index (χ0) is 29.8. The summed E-state index contributed by atoms with van der Waals surface area (Å²) in [5.41, 5.74) is 0.449. The quantitative estimate of drug-likeness (QED) is 0.105. The minimum absolute atomic E-state index is 0. The molecule has 0 saturated carbocycles. The van der Waals surface area contributed by atoms with E-state index >= 15 is 0 Å². The lowest BCUT2D eigenvalue weighted by Crippen LogP contribution is -2.31. The van der Waals surface area contributed by atoms with Crippen LogP contribution in [-0.2, 0) is 22.1 Å². The highest BCUT2D eigenvalue weighted by Crippen LogP contribution is 2.29. The molecule has 1 saturated heterocycles. The Morgan fingerprint density at radius 2 is 1.93 bits per heavy atom. The average molecular weight is 613 g/mol.